The molecule has 0 radical (unpaired) electrons. The topological polar surface area (TPSA) is 84.9 Å². The van der Waals surface area contributed by atoms with Crippen molar-refractivity contribution in [3.63, 3.8) is 0 Å². The first kappa shape index (κ1) is 16.4. The molecule has 0 atom stereocenters. The fourth-order valence-electron chi connectivity index (χ4n) is 1.99. The van der Waals surface area contributed by atoms with Crippen LogP contribution in [-0.2, 0) is 17.9 Å². The van der Waals surface area contributed by atoms with Gasteiger partial charge in [-0.2, -0.15) is 0 Å². The van der Waals surface area contributed by atoms with E-state index in [9.17, 15) is 9.59 Å². The van der Waals surface area contributed by atoms with Crippen LogP contribution in [0, 0.1) is 0 Å². The Kier molecular flexibility index (Phi) is 5.57. The van der Waals surface area contributed by atoms with Crippen LogP contribution in [0.25, 0.3) is 0 Å². The Morgan fingerprint density at radius 3 is 2.52 bits per heavy atom. The van der Waals surface area contributed by atoms with Crippen molar-refractivity contribution in [2.24, 2.45) is 0 Å². The molecule has 120 valence electrons. The average Bonchev–Trinajstić information content (AvgIpc) is 2.58. The summed E-state index contributed by atoms with van der Waals surface area (Å²) in [5, 5.41) is 11.6. The van der Waals surface area contributed by atoms with E-state index >= 15 is 0 Å². The summed E-state index contributed by atoms with van der Waals surface area (Å²) in [6.45, 7) is 0.275. The van der Waals surface area contributed by atoms with Crippen molar-refractivity contribution in [3.8, 4) is 5.75 Å². The average molecular weight is 315 g/mol. The number of amides is 1. The van der Waals surface area contributed by atoms with Gasteiger partial charge in [0.25, 0.3) is 0 Å². The van der Waals surface area contributed by atoms with Crippen LogP contribution in [-0.4, -0.2) is 24.3 Å². The molecule has 6 nitrogen and oxygen atoms in total. The number of carbonyl (C=O) groups excluding carboxylic acids is 1. The monoisotopic (exact) mass is 315 g/mol. The Bertz CT molecular complexity index is 685. The maximum Gasteiger partial charge on any atom is 0.407 e. The Morgan fingerprint density at radius 2 is 1.87 bits per heavy atom. The summed E-state index contributed by atoms with van der Waals surface area (Å²) < 4.78 is 10.3. The van der Waals surface area contributed by atoms with E-state index in [0.29, 0.717) is 11.3 Å². The SMILES string of the molecule is COc1ccc(C(=O)O)cc1CNC(=O)OCc1ccccc1. The summed E-state index contributed by atoms with van der Waals surface area (Å²) in [5.41, 5.74) is 1.57. The Labute approximate surface area is 133 Å². The van der Waals surface area contributed by atoms with Gasteiger partial charge in [0, 0.05) is 12.1 Å². The number of hydrogen-bond acceptors (Lipinski definition) is 4. The number of aromatic carboxylic acids is 1. The second-order valence-electron chi connectivity index (χ2n) is 4.75. The molecule has 1 amide bonds. The van der Waals surface area contributed by atoms with Crippen LogP contribution in [0.3, 0.4) is 0 Å². The molecule has 0 aliphatic carbocycles. The summed E-state index contributed by atoms with van der Waals surface area (Å²) in [4.78, 5) is 22.7. The Morgan fingerprint density at radius 1 is 1.13 bits per heavy atom. The molecule has 2 aromatic carbocycles. The standard InChI is InChI=1S/C17H17NO5/c1-22-15-8-7-13(16(19)20)9-14(15)10-18-17(21)23-11-12-5-3-2-4-6-12/h2-9H,10-11H2,1H3,(H,18,21)(H,19,20). The molecule has 0 aliphatic heterocycles. The zero-order valence-electron chi connectivity index (χ0n) is 12.6. The van der Waals surface area contributed by atoms with E-state index in [1.54, 1.807) is 6.07 Å². The van der Waals surface area contributed by atoms with E-state index in [0.717, 1.165) is 5.56 Å². The number of rotatable bonds is 6. The van der Waals surface area contributed by atoms with Crippen LogP contribution >= 0.6 is 0 Å². The van der Waals surface area contributed by atoms with Gasteiger partial charge >= 0.3 is 12.1 Å². The minimum absolute atomic E-state index is 0.109. The number of hydrogen-bond donors (Lipinski definition) is 2. The van der Waals surface area contributed by atoms with Gasteiger partial charge in [-0.25, -0.2) is 9.59 Å². The predicted octanol–water partition coefficient (Wildman–Crippen LogP) is 2.82. The maximum atomic E-state index is 11.7. The maximum absolute atomic E-state index is 11.7. The molecule has 0 bridgehead atoms. The molecule has 0 aromatic heterocycles. The molecule has 0 spiro atoms. The number of benzene rings is 2. The van der Waals surface area contributed by atoms with Gasteiger partial charge in [0.15, 0.2) is 0 Å². The number of nitrogens with one attached hydrogen (secondary N) is 1. The minimum Gasteiger partial charge on any atom is -0.496 e. The molecule has 0 unspecified atom stereocenters. The van der Waals surface area contributed by atoms with E-state index in [1.807, 2.05) is 30.3 Å². The van der Waals surface area contributed by atoms with Gasteiger partial charge in [-0.15, -0.1) is 0 Å². The third-order valence-corrected chi connectivity index (χ3v) is 3.16. The molecule has 2 N–H and O–H groups in total. The van der Waals surface area contributed by atoms with Crippen LogP contribution in [0.5, 0.6) is 5.75 Å². The molecule has 23 heavy (non-hydrogen) atoms. The highest BCUT2D eigenvalue weighted by atomic mass is 16.5. The van der Waals surface area contributed by atoms with E-state index in [2.05, 4.69) is 5.32 Å². The lowest BCUT2D eigenvalue weighted by molar-refractivity contribution is 0.0696. The van der Waals surface area contributed by atoms with Crippen molar-refractivity contribution >= 4 is 12.1 Å². The zero-order valence-corrected chi connectivity index (χ0v) is 12.6. The van der Waals surface area contributed by atoms with Crippen LogP contribution in [0.2, 0.25) is 0 Å². The number of methoxy groups -OCH3 is 1. The second-order valence-corrected chi connectivity index (χ2v) is 4.75. The zero-order chi connectivity index (χ0) is 16.7. The lowest BCUT2D eigenvalue weighted by Crippen LogP contribution is -2.24. The van der Waals surface area contributed by atoms with Crippen LogP contribution < -0.4 is 10.1 Å². The minimum atomic E-state index is -1.04. The molecular formula is C17H17NO5. The third-order valence-electron chi connectivity index (χ3n) is 3.16. The molecule has 0 heterocycles. The van der Waals surface area contributed by atoms with Crippen molar-refractivity contribution < 1.29 is 24.2 Å². The van der Waals surface area contributed by atoms with Crippen molar-refractivity contribution in [2.75, 3.05) is 7.11 Å². The summed E-state index contributed by atoms with van der Waals surface area (Å²) in [7, 11) is 1.48. The molecule has 6 heteroatoms. The molecule has 2 aromatic rings. The van der Waals surface area contributed by atoms with Crippen molar-refractivity contribution in [3.05, 3.63) is 65.2 Å². The molecule has 0 fully saturated rings. The molecule has 0 saturated carbocycles. The van der Waals surface area contributed by atoms with Gasteiger partial charge in [-0.1, -0.05) is 30.3 Å². The quantitative estimate of drug-likeness (QED) is 0.856. The number of carboxylic acid groups (broad SMARTS) is 1. The van der Waals surface area contributed by atoms with Gasteiger partial charge < -0.3 is 19.9 Å². The van der Waals surface area contributed by atoms with E-state index < -0.39 is 12.1 Å². The first-order valence-corrected chi connectivity index (χ1v) is 6.95. The number of ether oxygens (including phenoxy) is 2. The number of alkyl carbamates (subject to hydrolysis) is 1. The number of carbonyl (C=O) groups is 2. The van der Waals surface area contributed by atoms with Crippen molar-refractivity contribution in [1.82, 2.24) is 5.32 Å². The fraction of sp³-hybridized carbons (Fsp3) is 0.176. The molecule has 0 aliphatic rings. The van der Waals surface area contributed by atoms with Crippen LogP contribution in [0.15, 0.2) is 48.5 Å². The highest BCUT2D eigenvalue weighted by Gasteiger charge is 2.10. The molecule has 0 saturated heterocycles. The Hall–Kier alpha value is -3.02. The molecule has 2 rings (SSSR count). The largest absolute Gasteiger partial charge is 0.496 e. The van der Waals surface area contributed by atoms with Crippen molar-refractivity contribution in [1.29, 1.82) is 0 Å². The second kappa shape index (κ2) is 7.84. The lowest BCUT2D eigenvalue weighted by Gasteiger charge is -2.11. The van der Waals surface area contributed by atoms with Crippen molar-refractivity contribution in [2.45, 2.75) is 13.2 Å². The summed E-state index contributed by atoms with van der Waals surface area (Å²) in [6, 6.07) is 13.8. The first-order valence-electron chi connectivity index (χ1n) is 6.95. The van der Waals surface area contributed by atoms with Gasteiger partial charge in [0.05, 0.1) is 12.7 Å². The van der Waals surface area contributed by atoms with E-state index in [1.165, 1.54) is 19.2 Å². The smallest absolute Gasteiger partial charge is 0.407 e. The molecular weight excluding hydrogens is 298 g/mol. The van der Waals surface area contributed by atoms with Gasteiger partial charge in [-0.3, -0.25) is 0 Å². The lowest BCUT2D eigenvalue weighted by atomic mass is 10.1. The van der Waals surface area contributed by atoms with Gasteiger partial charge in [0.2, 0.25) is 0 Å². The normalized spacial score (nSPS) is 9.96. The van der Waals surface area contributed by atoms with Gasteiger partial charge in [0.1, 0.15) is 12.4 Å². The van der Waals surface area contributed by atoms with E-state index in [4.69, 9.17) is 14.6 Å². The predicted molar refractivity (Wildman–Crippen MR) is 83.4 cm³/mol. The summed E-state index contributed by atoms with van der Waals surface area (Å²) in [5.74, 6) is -0.543. The van der Waals surface area contributed by atoms with Crippen LogP contribution in [0.1, 0.15) is 21.5 Å². The summed E-state index contributed by atoms with van der Waals surface area (Å²) >= 11 is 0. The Balaban J connectivity index is 1.93. The van der Waals surface area contributed by atoms with E-state index in [-0.39, 0.29) is 18.7 Å². The first-order chi connectivity index (χ1) is 11.1. The highest BCUT2D eigenvalue weighted by Crippen LogP contribution is 2.19. The van der Waals surface area contributed by atoms with Crippen LogP contribution in [0.4, 0.5) is 4.79 Å². The number of carboxylic acids is 1. The highest BCUT2D eigenvalue weighted by molar-refractivity contribution is 5.88. The third kappa shape index (κ3) is 4.74. The fourth-order valence-corrected chi connectivity index (χ4v) is 1.99. The summed E-state index contributed by atoms with van der Waals surface area (Å²) in [6.07, 6.45) is -0.586. The van der Waals surface area contributed by atoms with Gasteiger partial charge in [-0.05, 0) is 23.8 Å².